The largest absolute Gasteiger partial charge is 0.385 e. The van der Waals surface area contributed by atoms with Gasteiger partial charge in [-0.1, -0.05) is 41.9 Å². The number of hydrogen-bond donors (Lipinski definition) is 2. The van der Waals surface area contributed by atoms with Gasteiger partial charge in [-0.3, -0.25) is 4.79 Å². The van der Waals surface area contributed by atoms with Gasteiger partial charge in [-0.15, -0.1) is 0 Å². The highest BCUT2D eigenvalue weighted by molar-refractivity contribution is 6.30. The third-order valence-electron chi connectivity index (χ3n) is 4.85. The number of hydrogen-bond acceptors (Lipinski definition) is 2. The lowest BCUT2D eigenvalue weighted by molar-refractivity contribution is -0.118. The summed E-state index contributed by atoms with van der Waals surface area (Å²) in [6.45, 7) is 0. The van der Waals surface area contributed by atoms with Gasteiger partial charge in [-0.25, -0.2) is 0 Å². The second-order valence-electron chi connectivity index (χ2n) is 6.60. The second-order valence-corrected chi connectivity index (χ2v) is 7.04. The second kappa shape index (κ2) is 7.37. The maximum atomic E-state index is 12.2. The number of carbonyl (C=O) groups is 1. The number of aliphatic hydroxyl groups is 1. The zero-order valence-corrected chi connectivity index (χ0v) is 14.3. The molecule has 0 aromatic heterocycles. The smallest absolute Gasteiger partial charge is 0.224 e. The topological polar surface area (TPSA) is 49.3 Å². The molecule has 1 aliphatic carbocycles. The van der Waals surface area contributed by atoms with Crippen molar-refractivity contribution in [2.75, 3.05) is 5.32 Å². The molecule has 0 bridgehead atoms. The fourth-order valence-corrected chi connectivity index (χ4v) is 3.53. The Hall–Kier alpha value is -1.84. The first kappa shape index (κ1) is 17.0. The molecule has 0 aliphatic heterocycles. The van der Waals surface area contributed by atoms with E-state index in [0.29, 0.717) is 30.2 Å². The van der Waals surface area contributed by atoms with Gasteiger partial charge >= 0.3 is 0 Å². The standard InChI is InChI=1S/C20H22ClNO2/c21-17-6-8-18(9-7-17)22-19(23)14-15-10-12-20(24,13-11-15)16-4-2-1-3-5-16/h1-9,15,24H,10-14H2,(H,22,23). The number of rotatable bonds is 4. The Balaban J connectivity index is 1.52. The van der Waals surface area contributed by atoms with Crippen LogP contribution in [0.1, 0.15) is 37.7 Å². The van der Waals surface area contributed by atoms with Crippen molar-refractivity contribution in [3.05, 3.63) is 65.2 Å². The van der Waals surface area contributed by atoms with Crippen LogP contribution in [0.2, 0.25) is 5.02 Å². The SMILES string of the molecule is O=C(CC1CCC(O)(c2ccccc2)CC1)Nc1ccc(Cl)cc1. The summed E-state index contributed by atoms with van der Waals surface area (Å²) < 4.78 is 0. The molecule has 0 saturated heterocycles. The molecular formula is C20H22ClNO2. The molecule has 126 valence electrons. The van der Waals surface area contributed by atoms with E-state index in [0.717, 1.165) is 24.1 Å². The summed E-state index contributed by atoms with van der Waals surface area (Å²) in [7, 11) is 0. The molecule has 2 aromatic carbocycles. The van der Waals surface area contributed by atoms with Gasteiger partial charge in [0, 0.05) is 17.1 Å². The molecule has 1 amide bonds. The Kier molecular flexibility index (Phi) is 5.22. The van der Waals surface area contributed by atoms with E-state index in [4.69, 9.17) is 11.6 Å². The van der Waals surface area contributed by atoms with E-state index >= 15 is 0 Å². The molecule has 24 heavy (non-hydrogen) atoms. The summed E-state index contributed by atoms with van der Waals surface area (Å²) in [5.41, 5.74) is 1.000. The molecule has 3 rings (SSSR count). The summed E-state index contributed by atoms with van der Waals surface area (Å²) in [4.78, 5) is 12.2. The van der Waals surface area contributed by atoms with Crippen LogP contribution in [0.5, 0.6) is 0 Å². The molecule has 1 saturated carbocycles. The summed E-state index contributed by atoms with van der Waals surface area (Å²) in [6.07, 6.45) is 3.62. The van der Waals surface area contributed by atoms with Crippen LogP contribution >= 0.6 is 11.6 Å². The van der Waals surface area contributed by atoms with E-state index in [-0.39, 0.29) is 5.91 Å². The van der Waals surface area contributed by atoms with Crippen LogP contribution in [0, 0.1) is 5.92 Å². The molecule has 0 heterocycles. The predicted octanol–water partition coefficient (Wildman–Crippen LogP) is 4.75. The maximum absolute atomic E-state index is 12.2. The van der Waals surface area contributed by atoms with E-state index in [9.17, 15) is 9.90 Å². The minimum Gasteiger partial charge on any atom is -0.385 e. The van der Waals surface area contributed by atoms with Gasteiger partial charge < -0.3 is 10.4 Å². The molecular weight excluding hydrogens is 322 g/mol. The van der Waals surface area contributed by atoms with Crippen molar-refractivity contribution in [3.63, 3.8) is 0 Å². The number of amides is 1. The van der Waals surface area contributed by atoms with Crippen LogP contribution in [0.4, 0.5) is 5.69 Å². The molecule has 2 N–H and O–H groups in total. The van der Waals surface area contributed by atoms with E-state index in [2.05, 4.69) is 5.32 Å². The van der Waals surface area contributed by atoms with E-state index in [1.807, 2.05) is 30.3 Å². The summed E-state index contributed by atoms with van der Waals surface area (Å²) in [6, 6.07) is 17.0. The van der Waals surface area contributed by atoms with Gasteiger partial charge in [0.2, 0.25) is 5.91 Å². The first-order chi connectivity index (χ1) is 11.5. The van der Waals surface area contributed by atoms with E-state index in [1.165, 1.54) is 0 Å². The molecule has 1 aliphatic rings. The zero-order valence-electron chi connectivity index (χ0n) is 13.5. The van der Waals surface area contributed by atoms with Crippen LogP contribution in [0.3, 0.4) is 0 Å². The van der Waals surface area contributed by atoms with Crippen LogP contribution in [0.15, 0.2) is 54.6 Å². The van der Waals surface area contributed by atoms with Crippen LogP contribution < -0.4 is 5.32 Å². The summed E-state index contributed by atoms with van der Waals surface area (Å²) in [5.74, 6) is 0.341. The van der Waals surface area contributed by atoms with Crippen molar-refractivity contribution >= 4 is 23.2 Å². The molecule has 0 radical (unpaired) electrons. The first-order valence-corrected chi connectivity index (χ1v) is 8.76. The summed E-state index contributed by atoms with van der Waals surface area (Å²) >= 11 is 5.84. The van der Waals surface area contributed by atoms with Gasteiger partial charge in [-0.2, -0.15) is 0 Å². The Labute approximate surface area is 147 Å². The van der Waals surface area contributed by atoms with Gasteiger partial charge in [0.05, 0.1) is 5.60 Å². The maximum Gasteiger partial charge on any atom is 0.224 e. The lowest BCUT2D eigenvalue weighted by Crippen LogP contribution is -2.32. The fraction of sp³-hybridized carbons (Fsp3) is 0.350. The van der Waals surface area contributed by atoms with Crippen molar-refractivity contribution in [3.8, 4) is 0 Å². The van der Waals surface area contributed by atoms with Gasteiger partial charge in [0.25, 0.3) is 0 Å². The van der Waals surface area contributed by atoms with Crippen LogP contribution in [-0.2, 0) is 10.4 Å². The van der Waals surface area contributed by atoms with E-state index < -0.39 is 5.60 Å². The molecule has 2 aromatic rings. The molecule has 4 heteroatoms. The van der Waals surface area contributed by atoms with Crippen molar-refractivity contribution in [1.29, 1.82) is 0 Å². The molecule has 3 nitrogen and oxygen atoms in total. The third-order valence-corrected chi connectivity index (χ3v) is 5.10. The van der Waals surface area contributed by atoms with Gasteiger partial charge in [0.15, 0.2) is 0 Å². The van der Waals surface area contributed by atoms with Crippen LogP contribution in [0.25, 0.3) is 0 Å². The van der Waals surface area contributed by atoms with Crippen molar-refractivity contribution in [2.45, 2.75) is 37.7 Å². The number of benzene rings is 2. The lowest BCUT2D eigenvalue weighted by Gasteiger charge is -2.36. The van der Waals surface area contributed by atoms with Crippen LogP contribution in [-0.4, -0.2) is 11.0 Å². The highest BCUT2D eigenvalue weighted by Crippen LogP contribution is 2.40. The van der Waals surface area contributed by atoms with Crippen molar-refractivity contribution in [1.82, 2.24) is 0 Å². The van der Waals surface area contributed by atoms with Gasteiger partial charge in [0.1, 0.15) is 0 Å². The van der Waals surface area contributed by atoms with Crippen molar-refractivity contribution < 1.29 is 9.90 Å². The fourth-order valence-electron chi connectivity index (χ4n) is 3.40. The highest BCUT2D eigenvalue weighted by atomic mass is 35.5. The van der Waals surface area contributed by atoms with Crippen molar-refractivity contribution in [2.24, 2.45) is 5.92 Å². The lowest BCUT2D eigenvalue weighted by atomic mass is 9.74. The third kappa shape index (κ3) is 4.16. The Morgan fingerprint density at radius 2 is 1.71 bits per heavy atom. The molecule has 1 fully saturated rings. The minimum absolute atomic E-state index is 0.0208. The average Bonchev–Trinajstić information content (AvgIpc) is 2.60. The first-order valence-electron chi connectivity index (χ1n) is 8.38. The molecule has 0 unspecified atom stereocenters. The summed E-state index contributed by atoms with van der Waals surface area (Å²) in [5, 5.41) is 14.4. The number of halogens is 1. The number of nitrogens with one attached hydrogen (secondary N) is 1. The average molecular weight is 344 g/mol. The minimum atomic E-state index is -0.746. The normalized spacial score (nSPS) is 23.7. The molecule has 0 atom stereocenters. The Morgan fingerprint density at radius 1 is 1.08 bits per heavy atom. The van der Waals surface area contributed by atoms with E-state index in [1.54, 1.807) is 24.3 Å². The zero-order chi connectivity index (χ0) is 17.0. The molecule has 0 spiro atoms. The Bertz CT molecular complexity index is 677. The quantitative estimate of drug-likeness (QED) is 0.841. The monoisotopic (exact) mass is 343 g/mol. The Morgan fingerprint density at radius 3 is 2.33 bits per heavy atom. The highest BCUT2D eigenvalue weighted by Gasteiger charge is 2.35. The number of carbonyl (C=O) groups excluding carboxylic acids is 1. The van der Waals surface area contributed by atoms with Gasteiger partial charge in [-0.05, 0) is 61.4 Å². The number of anilines is 1. The predicted molar refractivity (Wildman–Crippen MR) is 97.0 cm³/mol.